The molecular formula is C18H34. The Morgan fingerprint density at radius 3 is 1.83 bits per heavy atom. The van der Waals surface area contributed by atoms with Crippen molar-refractivity contribution in [3.63, 3.8) is 0 Å². The molecular weight excluding hydrogens is 216 g/mol. The molecule has 2 rings (SSSR count). The second-order valence-electron chi connectivity index (χ2n) is 7.57. The molecule has 0 radical (unpaired) electrons. The molecule has 1 unspecified atom stereocenters. The summed E-state index contributed by atoms with van der Waals surface area (Å²) in [5.41, 5.74) is 0.594. The lowest BCUT2D eigenvalue weighted by atomic mass is 9.58. The van der Waals surface area contributed by atoms with E-state index < -0.39 is 0 Å². The first-order valence-electron chi connectivity index (χ1n) is 8.66. The zero-order valence-corrected chi connectivity index (χ0v) is 13.0. The third kappa shape index (κ3) is 3.11. The third-order valence-electron chi connectivity index (χ3n) is 6.27. The van der Waals surface area contributed by atoms with Crippen LogP contribution in [0.3, 0.4) is 0 Å². The molecule has 0 amide bonds. The highest BCUT2D eigenvalue weighted by molar-refractivity contribution is 4.90. The topological polar surface area (TPSA) is 0 Å². The molecule has 0 heterocycles. The molecule has 2 aliphatic carbocycles. The minimum absolute atomic E-state index is 0.594. The number of rotatable bonds is 4. The van der Waals surface area contributed by atoms with Crippen molar-refractivity contribution in [2.75, 3.05) is 0 Å². The zero-order chi connectivity index (χ0) is 13.0. The van der Waals surface area contributed by atoms with Crippen molar-refractivity contribution in [3.8, 4) is 0 Å². The lowest BCUT2D eigenvalue weighted by Crippen LogP contribution is -2.38. The van der Waals surface area contributed by atoms with Gasteiger partial charge < -0.3 is 0 Å². The zero-order valence-electron chi connectivity index (χ0n) is 13.0. The molecule has 106 valence electrons. The van der Waals surface area contributed by atoms with Gasteiger partial charge >= 0.3 is 0 Å². The van der Waals surface area contributed by atoms with Crippen LogP contribution >= 0.6 is 0 Å². The molecule has 2 saturated carbocycles. The predicted molar refractivity (Wildman–Crippen MR) is 80.7 cm³/mol. The van der Waals surface area contributed by atoms with E-state index in [-0.39, 0.29) is 0 Å². The number of hydrogen-bond acceptors (Lipinski definition) is 0. The lowest BCUT2D eigenvalue weighted by molar-refractivity contribution is 0.0291. The molecule has 0 saturated heterocycles. The Morgan fingerprint density at radius 1 is 0.833 bits per heavy atom. The monoisotopic (exact) mass is 250 g/mol. The molecule has 0 aromatic carbocycles. The minimum atomic E-state index is 0.594. The summed E-state index contributed by atoms with van der Waals surface area (Å²) in [5, 5.41) is 0. The fourth-order valence-corrected chi connectivity index (χ4v) is 5.15. The van der Waals surface area contributed by atoms with Gasteiger partial charge in [-0.3, -0.25) is 0 Å². The predicted octanol–water partition coefficient (Wildman–Crippen LogP) is 6.20. The molecule has 0 N–H and O–H groups in total. The van der Waals surface area contributed by atoms with Gasteiger partial charge in [0.05, 0.1) is 0 Å². The van der Waals surface area contributed by atoms with Crippen LogP contribution in [0.4, 0.5) is 0 Å². The second kappa shape index (κ2) is 6.44. The average molecular weight is 250 g/mol. The van der Waals surface area contributed by atoms with Gasteiger partial charge in [-0.05, 0) is 36.0 Å². The summed E-state index contributed by atoms with van der Waals surface area (Å²) < 4.78 is 0. The van der Waals surface area contributed by atoms with E-state index in [0.717, 1.165) is 17.8 Å². The van der Waals surface area contributed by atoms with Crippen molar-refractivity contribution in [1.82, 2.24) is 0 Å². The molecule has 2 fully saturated rings. The van der Waals surface area contributed by atoms with Gasteiger partial charge in [-0.15, -0.1) is 0 Å². The van der Waals surface area contributed by atoms with Crippen molar-refractivity contribution in [2.45, 2.75) is 91.4 Å². The largest absolute Gasteiger partial charge is 0.0651 e. The van der Waals surface area contributed by atoms with Gasteiger partial charge in [0, 0.05) is 0 Å². The highest BCUT2D eigenvalue weighted by atomic mass is 14.5. The van der Waals surface area contributed by atoms with E-state index in [1.807, 2.05) is 0 Å². The maximum Gasteiger partial charge on any atom is -0.0295 e. The number of hydrogen-bond donors (Lipinski definition) is 0. The van der Waals surface area contributed by atoms with Crippen LogP contribution in [-0.2, 0) is 0 Å². The van der Waals surface area contributed by atoms with E-state index in [9.17, 15) is 0 Å². The van der Waals surface area contributed by atoms with Gasteiger partial charge in [0.25, 0.3) is 0 Å². The normalized spacial score (nSPS) is 26.2. The van der Waals surface area contributed by atoms with Gasteiger partial charge in [0.1, 0.15) is 0 Å². The van der Waals surface area contributed by atoms with Gasteiger partial charge in [-0.25, -0.2) is 0 Å². The summed E-state index contributed by atoms with van der Waals surface area (Å²) in [5.74, 6) is 3.04. The van der Waals surface area contributed by atoms with Crippen molar-refractivity contribution >= 4 is 0 Å². The highest BCUT2D eigenvalue weighted by Crippen LogP contribution is 2.49. The quantitative estimate of drug-likeness (QED) is 0.557. The molecule has 0 aliphatic heterocycles. The van der Waals surface area contributed by atoms with Gasteiger partial charge in [0.15, 0.2) is 0 Å². The summed E-state index contributed by atoms with van der Waals surface area (Å²) in [6, 6.07) is 0. The van der Waals surface area contributed by atoms with Gasteiger partial charge in [-0.1, -0.05) is 78.6 Å². The van der Waals surface area contributed by atoms with Crippen molar-refractivity contribution < 1.29 is 0 Å². The molecule has 18 heavy (non-hydrogen) atoms. The first kappa shape index (κ1) is 14.4. The Balaban J connectivity index is 2.03. The van der Waals surface area contributed by atoms with Crippen molar-refractivity contribution in [1.29, 1.82) is 0 Å². The van der Waals surface area contributed by atoms with Crippen LogP contribution in [0.15, 0.2) is 0 Å². The van der Waals surface area contributed by atoms with E-state index in [0.29, 0.717) is 5.41 Å². The highest BCUT2D eigenvalue weighted by Gasteiger charge is 2.40. The Hall–Kier alpha value is 0. The first-order chi connectivity index (χ1) is 8.66. The van der Waals surface area contributed by atoms with Crippen molar-refractivity contribution in [2.24, 2.45) is 23.2 Å². The smallest absolute Gasteiger partial charge is 0.0295 e. The minimum Gasteiger partial charge on any atom is -0.0651 e. The van der Waals surface area contributed by atoms with E-state index in [4.69, 9.17) is 0 Å². The third-order valence-corrected chi connectivity index (χ3v) is 6.27. The maximum atomic E-state index is 2.60. The molecule has 0 spiro atoms. The maximum absolute atomic E-state index is 2.60. The van der Waals surface area contributed by atoms with E-state index in [1.54, 1.807) is 0 Å². The fraction of sp³-hybridized carbons (Fsp3) is 1.00. The molecule has 0 nitrogen and oxygen atoms in total. The van der Waals surface area contributed by atoms with Gasteiger partial charge in [0.2, 0.25) is 0 Å². The second-order valence-corrected chi connectivity index (χ2v) is 7.57. The SMILES string of the molecule is CCC(C1CCCCC1)C(C)(C)C1CCCCC1. The van der Waals surface area contributed by atoms with Crippen LogP contribution in [0.25, 0.3) is 0 Å². The van der Waals surface area contributed by atoms with E-state index in [1.165, 1.54) is 70.6 Å². The van der Waals surface area contributed by atoms with Crippen LogP contribution in [-0.4, -0.2) is 0 Å². The fourth-order valence-electron chi connectivity index (χ4n) is 5.15. The molecule has 0 bridgehead atoms. The molecule has 0 aromatic heterocycles. The van der Waals surface area contributed by atoms with Crippen LogP contribution in [0.2, 0.25) is 0 Å². The molecule has 2 aliphatic rings. The molecule has 0 heteroatoms. The standard InChI is InChI=1S/C18H34/c1-4-17(15-11-7-5-8-12-15)18(2,3)16-13-9-6-10-14-16/h15-17H,4-14H2,1-3H3. The van der Waals surface area contributed by atoms with Crippen molar-refractivity contribution in [3.05, 3.63) is 0 Å². The lowest BCUT2D eigenvalue weighted by Gasteiger charge is -2.47. The molecule has 1 atom stereocenters. The van der Waals surface area contributed by atoms with Crippen LogP contribution in [0.5, 0.6) is 0 Å². The first-order valence-corrected chi connectivity index (χ1v) is 8.66. The summed E-state index contributed by atoms with van der Waals surface area (Å²) >= 11 is 0. The Morgan fingerprint density at radius 2 is 1.33 bits per heavy atom. The van der Waals surface area contributed by atoms with Crippen LogP contribution < -0.4 is 0 Å². The summed E-state index contributed by atoms with van der Waals surface area (Å²) in [6.45, 7) is 7.65. The summed E-state index contributed by atoms with van der Waals surface area (Å²) in [4.78, 5) is 0. The average Bonchev–Trinajstić information content (AvgIpc) is 2.41. The van der Waals surface area contributed by atoms with E-state index >= 15 is 0 Å². The van der Waals surface area contributed by atoms with Gasteiger partial charge in [-0.2, -0.15) is 0 Å². The Labute approximate surface area is 115 Å². The summed E-state index contributed by atoms with van der Waals surface area (Å²) in [6.07, 6.45) is 16.5. The van der Waals surface area contributed by atoms with E-state index in [2.05, 4.69) is 20.8 Å². The molecule has 0 aromatic rings. The Bertz CT molecular complexity index is 228. The van der Waals surface area contributed by atoms with Crippen LogP contribution in [0, 0.1) is 23.2 Å². The Kier molecular flexibility index (Phi) is 5.15. The van der Waals surface area contributed by atoms with Crippen LogP contribution in [0.1, 0.15) is 91.4 Å². The summed E-state index contributed by atoms with van der Waals surface area (Å²) in [7, 11) is 0.